The number of ether oxygens (including phenoxy) is 1. The predicted molar refractivity (Wildman–Crippen MR) is 79.1 cm³/mol. The molecule has 0 radical (unpaired) electrons. The van der Waals surface area contributed by atoms with Crippen LogP contribution in [0.15, 0.2) is 40.9 Å². The smallest absolute Gasteiger partial charge is 0.120 e. The zero-order chi connectivity index (χ0) is 13.1. The first-order valence-electron chi connectivity index (χ1n) is 5.48. The Kier molecular flexibility index (Phi) is 4.15. The number of aryl methyl sites for hydroxylation is 1. The van der Waals surface area contributed by atoms with Crippen molar-refractivity contribution in [2.24, 2.45) is 0 Å². The number of halogens is 2. The highest BCUT2D eigenvalue weighted by molar-refractivity contribution is 9.10. The van der Waals surface area contributed by atoms with Gasteiger partial charge in [-0.05, 0) is 54.4 Å². The third kappa shape index (κ3) is 3.40. The Bertz CT molecular complexity index is 551. The van der Waals surface area contributed by atoms with E-state index in [0.717, 1.165) is 32.1 Å². The highest BCUT2D eigenvalue weighted by Crippen LogP contribution is 2.23. The van der Waals surface area contributed by atoms with E-state index in [2.05, 4.69) is 15.9 Å². The number of nitrogens with two attached hydrogens (primary N) is 1. The van der Waals surface area contributed by atoms with E-state index in [0.29, 0.717) is 6.61 Å². The van der Waals surface area contributed by atoms with Gasteiger partial charge in [0.1, 0.15) is 12.4 Å². The fourth-order valence-electron chi connectivity index (χ4n) is 1.63. The first-order valence-corrected chi connectivity index (χ1v) is 6.65. The van der Waals surface area contributed by atoms with Crippen molar-refractivity contribution in [2.75, 3.05) is 5.73 Å². The molecule has 0 aliphatic carbocycles. The Balaban J connectivity index is 2.08. The van der Waals surface area contributed by atoms with Gasteiger partial charge in [-0.2, -0.15) is 0 Å². The Morgan fingerprint density at radius 1 is 1.22 bits per heavy atom. The lowest BCUT2D eigenvalue weighted by Crippen LogP contribution is -1.97. The fraction of sp³-hybridized carbons (Fsp3) is 0.143. The number of nitrogen functional groups attached to an aromatic ring is 1. The minimum Gasteiger partial charge on any atom is -0.489 e. The van der Waals surface area contributed by atoms with Crippen molar-refractivity contribution >= 4 is 33.2 Å². The van der Waals surface area contributed by atoms with E-state index in [-0.39, 0.29) is 0 Å². The first-order chi connectivity index (χ1) is 8.54. The molecule has 0 aliphatic rings. The van der Waals surface area contributed by atoms with Crippen LogP contribution in [0.5, 0.6) is 5.75 Å². The van der Waals surface area contributed by atoms with E-state index in [1.807, 2.05) is 43.3 Å². The lowest BCUT2D eigenvalue weighted by Gasteiger charge is -2.09. The molecule has 0 atom stereocenters. The lowest BCUT2D eigenvalue weighted by molar-refractivity contribution is 0.306. The second-order valence-corrected chi connectivity index (χ2v) is 5.42. The van der Waals surface area contributed by atoms with E-state index in [1.54, 1.807) is 0 Å². The average molecular weight is 327 g/mol. The number of anilines is 1. The summed E-state index contributed by atoms with van der Waals surface area (Å²) >= 11 is 9.37. The first kappa shape index (κ1) is 13.2. The maximum atomic E-state index is 5.96. The molecular formula is C14H13BrClNO. The van der Waals surface area contributed by atoms with Crippen LogP contribution < -0.4 is 10.5 Å². The molecule has 0 bridgehead atoms. The fourth-order valence-corrected chi connectivity index (χ4v) is 2.31. The van der Waals surface area contributed by atoms with Crippen LogP contribution in [0.25, 0.3) is 0 Å². The quantitative estimate of drug-likeness (QED) is 0.838. The summed E-state index contributed by atoms with van der Waals surface area (Å²) in [7, 11) is 0. The zero-order valence-corrected chi connectivity index (χ0v) is 12.3. The maximum absolute atomic E-state index is 5.96. The molecule has 0 spiro atoms. The molecule has 18 heavy (non-hydrogen) atoms. The highest BCUT2D eigenvalue weighted by Gasteiger charge is 2.01. The summed E-state index contributed by atoms with van der Waals surface area (Å²) in [5, 5.41) is 0.744. The Hall–Kier alpha value is -1.19. The topological polar surface area (TPSA) is 35.2 Å². The molecule has 2 aromatic rings. The summed E-state index contributed by atoms with van der Waals surface area (Å²) in [5.41, 5.74) is 8.51. The molecule has 0 saturated heterocycles. The second-order valence-electron chi connectivity index (χ2n) is 4.09. The van der Waals surface area contributed by atoms with Gasteiger partial charge in [0.25, 0.3) is 0 Å². The number of benzene rings is 2. The summed E-state index contributed by atoms with van der Waals surface area (Å²) in [6.45, 7) is 2.43. The van der Waals surface area contributed by atoms with Gasteiger partial charge < -0.3 is 10.5 Å². The molecule has 2 rings (SSSR count). The van der Waals surface area contributed by atoms with Gasteiger partial charge >= 0.3 is 0 Å². The van der Waals surface area contributed by atoms with Gasteiger partial charge in [-0.3, -0.25) is 0 Å². The zero-order valence-electron chi connectivity index (χ0n) is 9.91. The summed E-state index contributed by atoms with van der Waals surface area (Å²) in [4.78, 5) is 0. The molecule has 0 fully saturated rings. The number of rotatable bonds is 3. The van der Waals surface area contributed by atoms with Gasteiger partial charge in [0.05, 0.1) is 0 Å². The average Bonchev–Trinajstić information content (AvgIpc) is 2.29. The van der Waals surface area contributed by atoms with Crippen LogP contribution in [0.3, 0.4) is 0 Å². The Morgan fingerprint density at radius 3 is 2.67 bits per heavy atom. The Morgan fingerprint density at radius 2 is 2.00 bits per heavy atom. The molecule has 0 saturated carbocycles. The maximum Gasteiger partial charge on any atom is 0.120 e. The van der Waals surface area contributed by atoms with Crippen molar-refractivity contribution in [1.29, 1.82) is 0 Å². The third-order valence-corrected chi connectivity index (χ3v) is 3.40. The largest absolute Gasteiger partial charge is 0.489 e. The highest BCUT2D eigenvalue weighted by atomic mass is 79.9. The van der Waals surface area contributed by atoms with Gasteiger partial charge in [0.15, 0.2) is 0 Å². The molecule has 0 amide bonds. The van der Waals surface area contributed by atoms with E-state index in [4.69, 9.17) is 22.1 Å². The molecule has 2 aromatic carbocycles. The van der Waals surface area contributed by atoms with Gasteiger partial charge in [-0.15, -0.1) is 0 Å². The number of hydrogen-bond donors (Lipinski definition) is 1. The van der Waals surface area contributed by atoms with Crippen molar-refractivity contribution in [2.45, 2.75) is 13.5 Å². The lowest BCUT2D eigenvalue weighted by atomic mass is 10.2. The third-order valence-electron chi connectivity index (χ3n) is 2.51. The molecule has 2 nitrogen and oxygen atoms in total. The van der Waals surface area contributed by atoms with Crippen LogP contribution in [0.2, 0.25) is 5.02 Å². The minimum atomic E-state index is 0.477. The standard InChI is InChI=1S/C14H13BrClNO/c1-9-4-13(2-3-14(9)16)18-8-10-5-11(15)7-12(17)6-10/h2-7H,8,17H2,1H3. The van der Waals surface area contributed by atoms with Crippen molar-refractivity contribution in [3.8, 4) is 5.75 Å². The monoisotopic (exact) mass is 325 g/mol. The molecule has 0 aromatic heterocycles. The van der Waals surface area contributed by atoms with Crippen molar-refractivity contribution in [3.63, 3.8) is 0 Å². The molecule has 0 unspecified atom stereocenters. The second kappa shape index (κ2) is 5.63. The number of hydrogen-bond acceptors (Lipinski definition) is 2. The van der Waals surface area contributed by atoms with Crippen LogP contribution in [0.1, 0.15) is 11.1 Å². The predicted octanol–water partition coefficient (Wildman–Crippen LogP) is 4.57. The normalized spacial score (nSPS) is 10.4. The molecule has 0 aliphatic heterocycles. The van der Waals surface area contributed by atoms with E-state index in [9.17, 15) is 0 Å². The van der Waals surface area contributed by atoms with Gasteiger partial charge in [0, 0.05) is 15.2 Å². The van der Waals surface area contributed by atoms with Gasteiger partial charge in [-0.1, -0.05) is 27.5 Å². The Labute approximate surface area is 120 Å². The van der Waals surface area contributed by atoms with E-state index < -0.39 is 0 Å². The molecule has 0 heterocycles. The SMILES string of the molecule is Cc1cc(OCc2cc(N)cc(Br)c2)ccc1Cl. The van der Waals surface area contributed by atoms with Crippen LogP contribution in [-0.2, 0) is 6.61 Å². The van der Waals surface area contributed by atoms with Crippen LogP contribution in [0, 0.1) is 6.92 Å². The summed E-state index contributed by atoms with van der Waals surface area (Å²) in [5.74, 6) is 0.801. The van der Waals surface area contributed by atoms with E-state index in [1.165, 1.54) is 0 Å². The van der Waals surface area contributed by atoms with Crippen molar-refractivity contribution in [1.82, 2.24) is 0 Å². The summed E-state index contributed by atoms with van der Waals surface area (Å²) in [6.07, 6.45) is 0. The van der Waals surface area contributed by atoms with Gasteiger partial charge in [-0.25, -0.2) is 0 Å². The van der Waals surface area contributed by atoms with Crippen molar-refractivity contribution < 1.29 is 4.74 Å². The van der Waals surface area contributed by atoms with Crippen LogP contribution in [-0.4, -0.2) is 0 Å². The van der Waals surface area contributed by atoms with E-state index >= 15 is 0 Å². The molecule has 2 N–H and O–H groups in total. The minimum absolute atomic E-state index is 0.477. The molecule has 94 valence electrons. The van der Waals surface area contributed by atoms with Gasteiger partial charge in [0.2, 0.25) is 0 Å². The molecule has 4 heteroatoms. The molecular weight excluding hydrogens is 314 g/mol. The van der Waals surface area contributed by atoms with Crippen LogP contribution in [0.4, 0.5) is 5.69 Å². The summed E-state index contributed by atoms with van der Waals surface area (Å²) < 4.78 is 6.66. The van der Waals surface area contributed by atoms with Crippen molar-refractivity contribution in [3.05, 3.63) is 57.0 Å². The van der Waals surface area contributed by atoms with Crippen LogP contribution >= 0.6 is 27.5 Å². The summed E-state index contributed by atoms with van der Waals surface area (Å²) in [6, 6.07) is 11.4.